The van der Waals surface area contributed by atoms with Gasteiger partial charge in [-0.25, -0.2) is 13.2 Å². The number of fused-ring (bicyclic) bond motifs is 1. The van der Waals surface area contributed by atoms with Gasteiger partial charge >= 0.3 is 10.2 Å². The highest BCUT2D eigenvalue weighted by molar-refractivity contribution is 8.45. The molecule has 3 aliphatic rings. The van der Waals surface area contributed by atoms with Crippen molar-refractivity contribution in [3.05, 3.63) is 54.1 Å². The summed E-state index contributed by atoms with van der Waals surface area (Å²) in [4.78, 5) is 31.3. The highest BCUT2D eigenvalue weighted by Gasteiger charge is 2.65. The number of rotatable bonds is 7. The van der Waals surface area contributed by atoms with Gasteiger partial charge in [0.15, 0.2) is 6.19 Å². The number of pyridine rings is 1. The van der Waals surface area contributed by atoms with Crippen molar-refractivity contribution in [1.29, 1.82) is 5.26 Å². The number of nitrogens with one attached hydrogen (secondary N) is 1. The van der Waals surface area contributed by atoms with E-state index in [1.165, 1.54) is 4.90 Å². The van der Waals surface area contributed by atoms with E-state index < -0.39 is 75.3 Å². The maximum Gasteiger partial charge on any atom is 0.310 e. The molecule has 1 saturated heterocycles. The van der Waals surface area contributed by atoms with Crippen LogP contribution in [0.15, 0.2) is 47.6 Å². The number of nitrogens with zero attached hydrogens (tertiary/aromatic N) is 4. The van der Waals surface area contributed by atoms with Crippen molar-refractivity contribution in [3.8, 4) is 6.19 Å². The van der Waals surface area contributed by atoms with Gasteiger partial charge in [0, 0.05) is 42.9 Å². The van der Waals surface area contributed by atoms with Gasteiger partial charge in [-0.15, -0.1) is 0 Å². The van der Waals surface area contributed by atoms with Crippen LogP contribution in [0.25, 0.3) is 0 Å². The third-order valence-electron chi connectivity index (χ3n) is 7.94. The Morgan fingerprint density at radius 3 is 2.31 bits per heavy atom. The van der Waals surface area contributed by atoms with Crippen molar-refractivity contribution in [2.75, 3.05) is 11.4 Å². The van der Waals surface area contributed by atoms with Crippen LogP contribution in [0.4, 0.5) is 38.3 Å². The first-order valence-electron chi connectivity index (χ1n) is 13.0. The average Bonchev–Trinajstić information content (AvgIpc) is 3.56. The van der Waals surface area contributed by atoms with Crippen molar-refractivity contribution in [2.24, 2.45) is 11.8 Å². The van der Waals surface area contributed by atoms with E-state index in [4.69, 9.17) is 0 Å². The van der Waals surface area contributed by atoms with Gasteiger partial charge < -0.3 is 5.32 Å². The topological polar surface area (TPSA) is 89.3 Å². The van der Waals surface area contributed by atoms with Crippen LogP contribution in [-0.4, -0.2) is 46.2 Å². The fourth-order valence-electron chi connectivity index (χ4n) is 5.75. The third kappa shape index (κ3) is 6.11. The molecule has 0 radical (unpaired) electrons. The number of halogens is 8. The number of nitriles is 1. The summed E-state index contributed by atoms with van der Waals surface area (Å²) in [5.41, 5.74) is -0.625. The Morgan fingerprint density at radius 1 is 1.10 bits per heavy atom. The molecule has 1 aliphatic heterocycles. The normalized spacial score (nSPS) is 25.8. The number of likely N-dealkylation sites (tertiary alicyclic amines) is 1. The second kappa shape index (κ2) is 9.45. The molecule has 4 atom stereocenters. The summed E-state index contributed by atoms with van der Waals surface area (Å²) in [5, 5.41) is 12.2. The number of anilines is 1. The maximum absolute atomic E-state index is 14.3. The minimum absolute atomic E-state index is 0.0111. The highest BCUT2D eigenvalue weighted by atomic mass is 32.5. The summed E-state index contributed by atoms with van der Waals surface area (Å²) < 4.78 is 109. The summed E-state index contributed by atoms with van der Waals surface area (Å²) in [6, 6.07) is -1.47. The molecule has 7 nitrogen and oxygen atoms in total. The first-order chi connectivity index (χ1) is 19.4. The molecule has 2 heterocycles. The largest absolute Gasteiger partial charge is 0.351 e. The van der Waals surface area contributed by atoms with Gasteiger partial charge in [0.2, 0.25) is 11.8 Å². The first kappa shape index (κ1) is 29.9. The van der Waals surface area contributed by atoms with E-state index in [0.29, 0.717) is 18.6 Å². The maximum atomic E-state index is 14.3. The number of alkyl halides is 2. The molecule has 1 unspecified atom stereocenters. The zero-order valence-corrected chi connectivity index (χ0v) is 22.5. The van der Waals surface area contributed by atoms with Gasteiger partial charge in [-0.1, -0.05) is 19.4 Å². The molecule has 1 aromatic heterocycles. The first-order valence-corrected chi connectivity index (χ1v) is 14.9. The Bertz CT molecular complexity index is 1440. The molecule has 1 N–H and O–H groups in total. The Kier molecular flexibility index (Phi) is 6.72. The van der Waals surface area contributed by atoms with Crippen LogP contribution in [0.1, 0.15) is 43.7 Å². The summed E-state index contributed by atoms with van der Waals surface area (Å²) in [5.74, 6) is -6.04. The predicted molar refractivity (Wildman–Crippen MR) is 135 cm³/mol. The highest BCUT2D eigenvalue weighted by Crippen LogP contribution is 3.02. The van der Waals surface area contributed by atoms with Gasteiger partial charge in [-0.3, -0.25) is 24.4 Å². The van der Waals surface area contributed by atoms with Gasteiger partial charge in [0.1, 0.15) is 22.8 Å². The molecule has 5 rings (SSSR count). The molecule has 0 spiro atoms. The minimum Gasteiger partial charge on any atom is -0.351 e. The van der Waals surface area contributed by atoms with Crippen LogP contribution in [0.2, 0.25) is 0 Å². The molecule has 228 valence electrons. The lowest BCUT2D eigenvalue weighted by Crippen LogP contribution is -2.53. The molecule has 42 heavy (non-hydrogen) atoms. The van der Waals surface area contributed by atoms with Crippen LogP contribution < -0.4 is 10.2 Å². The molecule has 1 aromatic carbocycles. The Morgan fingerprint density at radius 2 is 1.74 bits per heavy atom. The summed E-state index contributed by atoms with van der Waals surface area (Å²) >= 11 is 0. The van der Waals surface area contributed by atoms with Crippen molar-refractivity contribution >= 4 is 27.7 Å². The van der Waals surface area contributed by atoms with Crippen LogP contribution in [0.3, 0.4) is 0 Å². The zero-order valence-electron chi connectivity index (χ0n) is 21.7. The van der Waals surface area contributed by atoms with Crippen LogP contribution in [0.5, 0.6) is 0 Å². The quantitative estimate of drug-likeness (QED) is 0.283. The fourth-order valence-corrected chi connectivity index (χ4v) is 6.40. The second-order valence-corrected chi connectivity index (χ2v) is 13.4. The van der Waals surface area contributed by atoms with E-state index in [-0.39, 0.29) is 48.9 Å². The standard InChI is InChI=1S/C26H25F8N5O2S/c27-17-9-15(11-36-12-17)22(24(40)37-18-5-7-26(28,29)8-6-18)39(25(41)23-21-10-16(21)13-38(23)14-35)19-1-3-20(4-2-19)42(30,31,32,33)34/h1-4,9,11-12,16,18,21-23H,5-8,10,13H2,(H,37,40)/t16-,21-,22?,23-/m1/s1. The smallest absolute Gasteiger partial charge is 0.310 e. The lowest BCUT2D eigenvalue weighted by Gasteiger charge is -2.41. The lowest BCUT2D eigenvalue weighted by atomic mass is 9.91. The number of amides is 2. The Hall–Kier alpha value is -3.61. The molecule has 0 bridgehead atoms. The number of benzene rings is 1. The second-order valence-electron chi connectivity index (χ2n) is 11.0. The number of aromatic nitrogens is 1. The summed E-state index contributed by atoms with van der Waals surface area (Å²) in [6.45, 7) is 0.225. The van der Waals surface area contributed by atoms with Crippen molar-refractivity contribution in [2.45, 2.75) is 61.0 Å². The number of piperidine rings is 1. The number of carbonyl (C=O) groups excluding carboxylic acids is 2. The SMILES string of the molecule is N#CN1C[C@H]2C[C@H]2[C@@H]1C(=O)N(c1ccc(S(F)(F)(F)(F)F)cc1)C(C(=O)NC1CCC(F)(F)CC1)c1cncc(F)c1. The molecule has 3 fully saturated rings. The van der Waals surface area contributed by atoms with Crippen molar-refractivity contribution < 1.29 is 42.2 Å². The predicted octanol–water partition coefficient (Wildman–Crippen LogP) is 6.45. The van der Waals surface area contributed by atoms with Gasteiger partial charge in [-0.2, -0.15) is 5.26 Å². The van der Waals surface area contributed by atoms with E-state index >= 15 is 0 Å². The Balaban J connectivity index is 1.59. The number of hydrogen-bond donors (Lipinski definition) is 1. The van der Waals surface area contributed by atoms with Crippen molar-refractivity contribution in [1.82, 2.24) is 15.2 Å². The zero-order chi connectivity index (χ0) is 30.7. The fraction of sp³-hybridized carbons (Fsp3) is 0.462. The van der Waals surface area contributed by atoms with E-state index in [0.717, 1.165) is 23.4 Å². The molecular weight excluding hydrogens is 598 g/mol. The average molecular weight is 624 g/mol. The third-order valence-corrected chi connectivity index (χ3v) is 9.10. The minimum atomic E-state index is -10.1. The monoisotopic (exact) mass is 623 g/mol. The summed E-state index contributed by atoms with van der Waals surface area (Å²) in [6.07, 6.45) is 3.03. The van der Waals surface area contributed by atoms with Gasteiger partial charge in [0.05, 0.1) is 6.20 Å². The van der Waals surface area contributed by atoms with Gasteiger partial charge in [-0.05, 0) is 61.4 Å². The molecule has 2 saturated carbocycles. The lowest BCUT2D eigenvalue weighted by molar-refractivity contribution is -0.129. The molecule has 2 amide bonds. The van der Waals surface area contributed by atoms with Crippen LogP contribution in [0, 0.1) is 29.1 Å². The van der Waals surface area contributed by atoms with E-state index in [9.17, 15) is 47.5 Å². The molecular formula is C26H25F8N5O2S. The number of hydrogen-bond acceptors (Lipinski definition) is 5. The molecule has 2 aliphatic carbocycles. The molecule has 2 aromatic rings. The summed E-state index contributed by atoms with van der Waals surface area (Å²) in [7, 11) is -10.1. The van der Waals surface area contributed by atoms with Gasteiger partial charge in [0.25, 0.3) is 5.91 Å². The van der Waals surface area contributed by atoms with E-state index in [2.05, 4.69) is 10.3 Å². The molecule has 16 heteroatoms. The number of carbonyl (C=O) groups is 2. The van der Waals surface area contributed by atoms with Crippen molar-refractivity contribution in [3.63, 3.8) is 0 Å². The Labute approximate surface area is 235 Å². The van der Waals surface area contributed by atoms with Crippen LogP contribution in [-0.2, 0) is 9.59 Å². The van der Waals surface area contributed by atoms with E-state index in [1.807, 2.05) is 6.19 Å². The van der Waals surface area contributed by atoms with Crippen LogP contribution >= 0.6 is 10.2 Å². The van der Waals surface area contributed by atoms with E-state index in [1.54, 1.807) is 0 Å².